The van der Waals surface area contributed by atoms with Gasteiger partial charge in [0.05, 0.1) is 17.3 Å². The number of carbonyl (C=O) groups is 1. The molecule has 0 aliphatic heterocycles. The third kappa shape index (κ3) is 5.24. The van der Waals surface area contributed by atoms with E-state index in [0.717, 1.165) is 40.9 Å². The van der Waals surface area contributed by atoms with Crippen LogP contribution in [0, 0.1) is 25.2 Å². The lowest BCUT2D eigenvalue weighted by Crippen LogP contribution is -2.34. The highest BCUT2D eigenvalue weighted by Crippen LogP contribution is 2.20. The number of aromatic nitrogens is 1. The summed E-state index contributed by atoms with van der Waals surface area (Å²) in [7, 11) is 1.52. The molecule has 0 atom stereocenters. The van der Waals surface area contributed by atoms with Crippen molar-refractivity contribution in [3.63, 3.8) is 0 Å². The average Bonchev–Trinajstić information content (AvgIpc) is 3.11. The predicted molar refractivity (Wildman–Crippen MR) is 132 cm³/mol. The maximum Gasteiger partial charge on any atom is 0.273 e. The first-order chi connectivity index (χ1) is 15.9. The highest BCUT2D eigenvalue weighted by molar-refractivity contribution is 7.07. The number of aryl methyl sites for hydroxylation is 2. The summed E-state index contributed by atoms with van der Waals surface area (Å²) < 4.78 is 7.57. The van der Waals surface area contributed by atoms with Crippen molar-refractivity contribution in [2.45, 2.75) is 33.6 Å². The summed E-state index contributed by atoms with van der Waals surface area (Å²) >= 11 is 1.13. The fourth-order valence-corrected chi connectivity index (χ4v) is 4.56. The topological polar surface area (TPSA) is 84.1 Å². The largest absolute Gasteiger partial charge is 0.495 e. The average molecular weight is 462 g/mol. The van der Waals surface area contributed by atoms with E-state index in [4.69, 9.17) is 4.74 Å². The van der Waals surface area contributed by atoms with E-state index in [0.29, 0.717) is 22.5 Å². The molecule has 2 aromatic carbocycles. The quantitative estimate of drug-likeness (QED) is 0.549. The van der Waals surface area contributed by atoms with Gasteiger partial charge in [-0.25, -0.2) is 0 Å². The monoisotopic (exact) mass is 461 g/mol. The van der Waals surface area contributed by atoms with Gasteiger partial charge >= 0.3 is 0 Å². The van der Waals surface area contributed by atoms with Crippen molar-refractivity contribution in [2.24, 2.45) is 0 Å². The van der Waals surface area contributed by atoms with E-state index < -0.39 is 5.91 Å². The summed E-state index contributed by atoms with van der Waals surface area (Å²) in [5.41, 5.74) is 3.14. The minimum atomic E-state index is -0.492. The molecule has 0 radical (unpaired) electrons. The Labute approximate surface area is 197 Å². The summed E-state index contributed by atoms with van der Waals surface area (Å²) in [5, 5.41) is 12.7. The van der Waals surface area contributed by atoms with Crippen LogP contribution >= 0.6 is 11.3 Å². The number of rotatable bonds is 7. The second kappa shape index (κ2) is 10.8. The number of carbonyl (C=O) groups excluding carboxylic acids is 1. The standard InChI is InChI=1S/C26H27N3O3S/c1-5-6-13-28-24(30)20(16-27)26-29(21-9-7-8-10-22(21)32-4)25(31)23(33-26)15-19-12-11-17(2)14-18(19)3/h7-12,14-15H,5-6,13H2,1-4H3,(H,28,30)/b23-15-,26-20-. The van der Waals surface area contributed by atoms with Gasteiger partial charge in [0.2, 0.25) is 0 Å². The number of methoxy groups -OCH3 is 1. The Morgan fingerprint density at radius 2 is 2.00 bits per heavy atom. The van der Waals surface area contributed by atoms with Gasteiger partial charge in [-0.15, -0.1) is 11.3 Å². The first-order valence-corrected chi connectivity index (χ1v) is 11.6. The Hall–Kier alpha value is -3.63. The molecular formula is C26H27N3O3S. The highest BCUT2D eigenvalue weighted by atomic mass is 32.1. The van der Waals surface area contributed by atoms with E-state index in [1.54, 1.807) is 30.3 Å². The van der Waals surface area contributed by atoms with Crippen molar-refractivity contribution in [2.75, 3.05) is 13.7 Å². The molecule has 0 aliphatic carbocycles. The van der Waals surface area contributed by atoms with Crippen LogP contribution in [0.4, 0.5) is 0 Å². The van der Waals surface area contributed by atoms with Crippen LogP contribution < -0.4 is 24.8 Å². The molecule has 1 aromatic heterocycles. The van der Waals surface area contributed by atoms with Crippen LogP contribution in [-0.4, -0.2) is 24.1 Å². The van der Waals surface area contributed by atoms with Gasteiger partial charge in [0.1, 0.15) is 16.5 Å². The predicted octanol–water partition coefficient (Wildman–Crippen LogP) is 2.94. The Morgan fingerprint density at radius 3 is 2.67 bits per heavy atom. The summed E-state index contributed by atoms with van der Waals surface area (Å²) in [6.45, 7) is 6.49. The maximum absolute atomic E-state index is 13.6. The Bertz CT molecular complexity index is 1390. The SMILES string of the molecule is CCCCNC(=O)/C(C#N)=c1\s/c(=C\c2ccc(C)cc2C)c(=O)n1-c1ccccc1OC. The lowest BCUT2D eigenvalue weighted by Gasteiger charge is -2.09. The summed E-state index contributed by atoms with van der Waals surface area (Å²) in [6.07, 6.45) is 3.53. The first kappa shape index (κ1) is 24.0. The molecule has 0 unspecified atom stereocenters. The lowest BCUT2D eigenvalue weighted by atomic mass is 10.1. The number of nitrogens with one attached hydrogen (secondary N) is 1. The van der Waals surface area contributed by atoms with Gasteiger partial charge in [-0.2, -0.15) is 5.26 Å². The molecule has 170 valence electrons. The Morgan fingerprint density at radius 1 is 1.24 bits per heavy atom. The molecule has 7 heteroatoms. The molecular weight excluding hydrogens is 434 g/mol. The van der Waals surface area contributed by atoms with Gasteiger partial charge in [-0.05, 0) is 49.6 Å². The van der Waals surface area contributed by atoms with Gasteiger partial charge in [0.25, 0.3) is 11.5 Å². The van der Waals surface area contributed by atoms with Crippen LogP contribution in [0.3, 0.4) is 0 Å². The van der Waals surface area contributed by atoms with Crippen LogP contribution in [0.25, 0.3) is 17.3 Å². The number of hydrogen-bond donors (Lipinski definition) is 1. The van der Waals surface area contributed by atoms with Crippen LogP contribution in [0.15, 0.2) is 47.3 Å². The van der Waals surface area contributed by atoms with Crippen molar-refractivity contribution in [1.82, 2.24) is 9.88 Å². The van der Waals surface area contributed by atoms with Crippen molar-refractivity contribution in [3.05, 3.63) is 78.7 Å². The molecule has 6 nitrogen and oxygen atoms in total. The molecule has 1 heterocycles. The number of unbranched alkanes of at least 4 members (excludes halogenated alkanes) is 1. The Kier molecular flexibility index (Phi) is 7.86. The Balaban J connectivity index is 2.36. The number of benzene rings is 2. The molecule has 3 aromatic rings. The molecule has 3 rings (SSSR count). The van der Waals surface area contributed by atoms with Crippen molar-refractivity contribution < 1.29 is 9.53 Å². The van der Waals surface area contributed by atoms with Crippen molar-refractivity contribution in [3.8, 4) is 17.5 Å². The normalized spacial score (nSPS) is 12.3. The van der Waals surface area contributed by atoms with Gasteiger partial charge in [-0.1, -0.05) is 49.2 Å². The molecule has 33 heavy (non-hydrogen) atoms. The van der Waals surface area contributed by atoms with Gasteiger partial charge < -0.3 is 10.1 Å². The lowest BCUT2D eigenvalue weighted by molar-refractivity contribution is -0.115. The van der Waals surface area contributed by atoms with Crippen LogP contribution in [0.1, 0.15) is 36.5 Å². The third-order valence-electron chi connectivity index (χ3n) is 5.23. The van der Waals surface area contributed by atoms with E-state index in [-0.39, 0.29) is 15.8 Å². The fraction of sp³-hybridized carbons (Fsp3) is 0.269. The first-order valence-electron chi connectivity index (χ1n) is 10.8. The molecule has 1 N–H and O–H groups in total. The number of para-hydroxylation sites is 2. The van der Waals surface area contributed by atoms with Gasteiger partial charge in [0, 0.05) is 6.54 Å². The molecule has 0 fully saturated rings. The minimum absolute atomic E-state index is 0.0978. The van der Waals surface area contributed by atoms with Crippen LogP contribution in [0.5, 0.6) is 5.75 Å². The van der Waals surface area contributed by atoms with Crippen LogP contribution in [-0.2, 0) is 4.79 Å². The zero-order valence-corrected chi connectivity index (χ0v) is 20.1. The van der Waals surface area contributed by atoms with E-state index in [1.165, 1.54) is 11.7 Å². The zero-order chi connectivity index (χ0) is 24.0. The second-order valence-electron chi connectivity index (χ2n) is 7.68. The number of amides is 1. The number of nitriles is 1. The van der Waals surface area contributed by atoms with Crippen molar-refractivity contribution in [1.29, 1.82) is 5.26 Å². The fourth-order valence-electron chi connectivity index (χ4n) is 3.47. The van der Waals surface area contributed by atoms with E-state index in [1.807, 2.05) is 45.0 Å². The second-order valence-corrected chi connectivity index (χ2v) is 8.72. The van der Waals surface area contributed by atoms with E-state index >= 15 is 0 Å². The number of ether oxygens (including phenoxy) is 1. The number of hydrogen-bond acceptors (Lipinski definition) is 5. The molecule has 0 saturated carbocycles. The third-order valence-corrected chi connectivity index (χ3v) is 6.32. The molecule has 0 aliphatic rings. The van der Waals surface area contributed by atoms with Gasteiger partial charge in [-0.3, -0.25) is 14.2 Å². The summed E-state index contributed by atoms with van der Waals surface area (Å²) in [5.74, 6) is -0.0192. The molecule has 0 bridgehead atoms. The highest BCUT2D eigenvalue weighted by Gasteiger charge is 2.18. The zero-order valence-electron chi connectivity index (χ0n) is 19.3. The smallest absolute Gasteiger partial charge is 0.273 e. The summed E-state index contributed by atoms with van der Waals surface area (Å²) in [6, 6.07) is 15.1. The number of nitrogens with zero attached hydrogens (tertiary/aromatic N) is 2. The number of thiazole rings is 1. The maximum atomic E-state index is 13.6. The molecule has 0 saturated heterocycles. The minimum Gasteiger partial charge on any atom is -0.495 e. The van der Waals surface area contributed by atoms with E-state index in [2.05, 4.69) is 5.32 Å². The van der Waals surface area contributed by atoms with E-state index in [9.17, 15) is 14.9 Å². The van der Waals surface area contributed by atoms with Gasteiger partial charge in [0.15, 0.2) is 5.57 Å². The molecule has 1 amide bonds. The molecule has 0 spiro atoms. The van der Waals surface area contributed by atoms with Crippen LogP contribution in [0.2, 0.25) is 0 Å². The summed E-state index contributed by atoms with van der Waals surface area (Å²) in [4.78, 5) is 26.4. The van der Waals surface area contributed by atoms with Crippen molar-refractivity contribution >= 4 is 28.9 Å².